The first-order valence-electron chi connectivity index (χ1n) is 8.14. The summed E-state index contributed by atoms with van der Waals surface area (Å²) in [6.45, 7) is 0. The van der Waals surface area contributed by atoms with Gasteiger partial charge in [0.2, 0.25) is 0 Å². The van der Waals surface area contributed by atoms with E-state index in [2.05, 4.69) is 0 Å². The molecule has 0 radical (unpaired) electrons. The van der Waals surface area contributed by atoms with Gasteiger partial charge in [0.1, 0.15) is 11.9 Å². The molecule has 4 saturated carbocycles. The van der Waals surface area contributed by atoms with Gasteiger partial charge in [0.15, 0.2) is 0 Å². The highest BCUT2D eigenvalue weighted by molar-refractivity contribution is 5.87. The van der Waals surface area contributed by atoms with Crippen LogP contribution in [-0.2, 0) is 4.74 Å². The SMILES string of the molecule is COC12CC3CC(C1)C(Oc1ccc(C(=O)O)cc1)C(C3)C2. The van der Waals surface area contributed by atoms with Crippen LogP contribution in [0.5, 0.6) is 5.75 Å². The first-order valence-corrected chi connectivity index (χ1v) is 8.14. The summed E-state index contributed by atoms with van der Waals surface area (Å²) in [5.74, 6) is 1.83. The molecule has 2 atom stereocenters. The van der Waals surface area contributed by atoms with E-state index in [1.807, 2.05) is 7.11 Å². The molecule has 4 aliphatic carbocycles. The summed E-state index contributed by atoms with van der Waals surface area (Å²) in [6, 6.07) is 6.79. The van der Waals surface area contributed by atoms with Crippen molar-refractivity contribution in [3.05, 3.63) is 29.8 Å². The Kier molecular flexibility index (Phi) is 3.19. The van der Waals surface area contributed by atoms with Crippen LogP contribution in [-0.4, -0.2) is 29.9 Å². The normalized spacial score (nSPS) is 39.0. The van der Waals surface area contributed by atoms with Gasteiger partial charge in [0, 0.05) is 7.11 Å². The number of carbonyl (C=O) groups is 1. The van der Waals surface area contributed by atoms with Gasteiger partial charge < -0.3 is 14.6 Å². The second-order valence-corrected chi connectivity index (χ2v) is 7.27. The molecule has 4 aliphatic rings. The summed E-state index contributed by atoms with van der Waals surface area (Å²) in [4.78, 5) is 10.9. The standard InChI is InChI=1S/C18H22O4/c1-21-18-8-11-6-13(9-18)16(14(7-11)10-18)22-15-4-2-12(3-5-15)17(19)20/h2-5,11,13-14,16H,6-10H2,1H3,(H,19,20). The Morgan fingerprint density at radius 3 is 2.32 bits per heavy atom. The molecule has 1 aromatic carbocycles. The number of rotatable bonds is 4. The summed E-state index contributed by atoms with van der Waals surface area (Å²) in [7, 11) is 1.85. The first kappa shape index (κ1) is 14.1. The lowest BCUT2D eigenvalue weighted by Gasteiger charge is -2.58. The van der Waals surface area contributed by atoms with Crippen LogP contribution >= 0.6 is 0 Å². The molecule has 118 valence electrons. The number of methoxy groups -OCH3 is 1. The van der Waals surface area contributed by atoms with E-state index in [1.54, 1.807) is 24.3 Å². The lowest BCUT2D eigenvalue weighted by Crippen LogP contribution is -2.59. The van der Waals surface area contributed by atoms with Gasteiger partial charge in [-0.05, 0) is 74.1 Å². The second-order valence-electron chi connectivity index (χ2n) is 7.27. The second kappa shape index (κ2) is 4.98. The third-order valence-electron chi connectivity index (χ3n) is 5.94. The summed E-state index contributed by atoms with van der Waals surface area (Å²) < 4.78 is 12.1. The average Bonchev–Trinajstić information content (AvgIpc) is 2.51. The maximum Gasteiger partial charge on any atom is 0.335 e. The predicted molar refractivity (Wildman–Crippen MR) is 81.1 cm³/mol. The molecule has 0 aromatic heterocycles. The number of carboxylic acid groups (broad SMARTS) is 1. The van der Waals surface area contributed by atoms with Crippen molar-refractivity contribution >= 4 is 5.97 Å². The van der Waals surface area contributed by atoms with E-state index in [-0.39, 0.29) is 11.7 Å². The van der Waals surface area contributed by atoms with Gasteiger partial charge in [-0.15, -0.1) is 0 Å². The molecule has 4 heteroatoms. The number of benzene rings is 1. The fraction of sp³-hybridized carbons (Fsp3) is 0.611. The summed E-state index contributed by atoms with van der Waals surface area (Å²) in [6.07, 6.45) is 6.19. The topological polar surface area (TPSA) is 55.8 Å². The molecule has 0 amide bonds. The molecular weight excluding hydrogens is 280 g/mol. The first-order chi connectivity index (χ1) is 10.6. The predicted octanol–water partition coefficient (Wildman–Crippen LogP) is 3.36. The zero-order chi connectivity index (χ0) is 15.3. The molecule has 5 rings (SSSR count). The molecule has 0 heterocycles. The molecule has 1 N–H and O–H groups in total. The van der Waals surface area contributed by atoms with Gasteiger partial charge in [-0.25, -0.2) is 4.79 Å². The third-order valence-corrected chi connectivity index (χ3v) is 5.94. The molecule has 4 fully saturated rings. The van der Waals surface area contributed by atoms with Crippen molar-refractivity contribution in [3.63, 3.8) is 0 Å². The van der Waals surface area contributed by atoms with Gasteiger partial charge in [-0.2, -0.15) is 0 Å². The molecule has 0 spiro atoms. The molecule has 0 aliphatic heterocycles. The fourth-order valence-corrected chi connectivity index (χ4v) is 5.18. The zero-order valence-corrected chi connectivity index (χ0v) is 12.8. The molecule has 4 bridgehead atoms. The van der Waals surface area contributed by atoms with E-state index in [1.165, 1.54) is 19.3 Å². The highest BCUT2D eigenvalue weighted by Gasteiger charge is 2.56. The van der Waals surface area contributed by atoms with E-state index >= 15 is 0 Å². The van der Waals surface area contributed by atoms with Crippen LogP contribution in [0.2, 0.25) is 0 Å². The van der Waals surface area contributed by atoms with Crippen molar-refractivity contribution in [3.8, 4) is 5.75 Å². The van der Waals surface area contributed by atoms with Crippen LogP contribution in [0, 0.1) is 17.8 Å². The molecular formula is C18H22O4. The molecule has 1 aromatic rings. The number of carboxylic acids is 1. The minimum absolute atomic E-state index is 0.101. The Bertz CT molecular complexity index is 563. The van der Waals surface area contributed by atoms with E-state index in [9.17, 15) is 4.79 Å². The number of ether oxygens (including phenoxy) is 2. The minimum atomic E-state index is -0.900. The quantitative estimate of drug-likeness (QED) is 0.926. The van der Waals surface area contributed by atoms with E-state index in [0.29, 0.717) is 17.4 Å². The van der Waals surface area contributed by atoms with E-state index < -0.39 is 5.97 Å². The highest BCUT2D eigenvalue weighted by atomic mass is 16.5. The van der Waals surface area contributed by atoms with Crippen LogP contribution in [0.15, 0.2) is 24.3 Å². The van der Waals surface area contributed by atoms with Crippen molar-refractivity contribution < 1.29 is 19.4 Å². The number of hydrogen-bond donors (Lipinski definition) is 1. The maximum atomic E-state index is 10.9. The Hall–Kier alpha value is -1.55. The number of hydrogen-bond acceptors (Lipinski definition) is 3. The van der Waals surface area contributed by atoms with Crippen LogP contribution < -0.4 is 4.74 Å². The van der Waals surface area contributed by atoms with Crippen molar-refractivity contribution in [1.29, 1.82) is 0 Å². The smallest absolute Gasteiger partial charge is 0.335 e. The summed E-state index contributed by atoms with van der Waals surface area (Å²) in [5.41, 5.74) is 0.402. The monoisotopic (exact) mass is 302 g/mol. The van der Waals surface area contributed by atoms with Crippen molar-refractivity contribution in [1.82, 2.24) is 0 Å². The Morgan fingerprint density at radius 2 is 1.77 bits per heavy atom. The van der Waals surface area contributed by atoms with Crippen LogP contribution in [0.3, 0.4) is 0 Å². The zero-order valence-electron chi connectivity index (χ0n) is 12.8. The van der Waals surface area contributed by atoms with Crippen molar-refractivity contribution in [2.75, 3.05) is 7.11 Å². The minimum Gasteiger partial charge on any atom is -0.490 e. The summed E-state index contributed by atoms with van der Waals surface area (Å²) >= 11 is 0. The van der Waals surface area contributed by atoms with Crippen LogP contribution in [0.1, 0.15) is 42.5 Å². The summed E-state index contributed by atoms with van der Waals surface area (Å²) in [5, 5.41) is 8.96. The van der Waals surface area contributed by atoms with Crippen LogP contribution in [0.25, 0.3) is 0 Å². The van der Waals surface area contributed by atoms with Gasteiger partial charge in [0.25, 0.3) is 0 Å². The lowest BCUT2D eigenvalue weighted by molar-refractivity contribution is -0.182. The molecule has 0 saturated heterocycles. The van der Waals surface area contributed by atoms with Crippen LogP contribution in [0.4, 0.5) is 0 Å². The molecule has 2 unspecified atom stereocenters. The van der Waals surface area contributed by atoms with Crippen molar-refractivity contribution in [2.45, 2.75) is 43.8 Å². The van der Waals surface area contributed by atoms with E-state index in [0.717, 1.165) is 24.5 Å². The lowest BCUT2D eigenvalue weighted by atomic mass is 9.53. The fourth-order valence-electron chi connectivity index (χ4n) is 5.18. The molecule has 22 heavy (non-hydrogen) atoms. The van der Waals surface area contributed by atoms with Gasteiger partial charge in [-0.1, -0.05) is 0 Å². The highest BCUT2D eigenvalue weighted by Crippen LogP contribution is 2.57. The largest absolute Gasteiger partial charge is 0.490 e. The number of aromatic carboxylic acids is 1. The Labute approximate surface area is 130 Å². The Balaban J connectivity index is 1.51. The van der Waals surface area contributed by atoms with Crippen molar-refractivity contribution in [2.24, 2.45) is 17.8 Å². The van der Waals surface area contributed by atoms with Gasteiger partial charge in [-0.3, -0.25) is 0 Å². The molecule has 4 nitrogen and oxygen atoms in total. The Morgan fingerprint density at radius 1 is 1.14 bits per heavy atom. The average molecular weight is 302 g/mol. The third kappa shape index (κ3) is 2.21. The van der Waals surface area contributed by atoms with E-state index in [4.69, 9.17) is 14.6 Å². The van der Waals surface area contributed by atoms with Gasteiger partial charge in [0.05, 0.1) is 11.2 Å². The maximum absolute atomic E-state index is 10.9. The van der Waals surface area contributed by atoms with Gasteiger partial charge >= 0.3 is 5.97 Å².